The van der Waals surface area contributed by atoms with Crippen LogP contribution in [0.25, 0.3) is 12.3 Å². The highest BCUT2D eigenvalue weighted by Gasteiger charge is 2.06. The minimum absolute atomic E-state index is 0.0733. The van der Waals surface area contributed by atoms with Crippen molar-refractivity contribution in [3.05, 3.63) is 53.2 Å². The Morgan fingerprint density at radius 1 is 1.38 bits per heavy atom. The Morgan fingerprint density at radius 3 is 2.69 bits per heavy atom. The lowest BCUT2D eigenvalue weighted by Gasteiger charge is -2.04. The third-order valence-electron chi connectivity index (χ3n) is 3.53. The van der Waals surface area contributed by atoms with Crippen LogP contribution in [-0.2, 0) is 11.8 Å². The van der Waals surface area contributed by atoms with Crippen molar-refractivity contribution in [2.75, 3.05) is 12.3 Å². The van der Waals surface area contributed by atoms with E-state index in [1.807, 2.05) is 0 Å². The van der Waals surface area contributed by atoms with Crippen LogP contribution in [0, 0.1) is 0 Å². The molecule has 2 rings (SSSR count). The van der Waals surface area contributed by atoms with Gasteiger partial charge in [0.2, 0.25) is 5.95 Å². The number of nitrogen functional groups attached to an aromatic ring is 1. The fraction of sp³-hybridized carbons (Fsp3) is 0.167. The second kappa shape index (κ2) is 8.52. The standard InChI is InChI=1S/C18H20N4O4/c1-3-4-15-14(21-18(19)22(15)2)11-26-13-7-5-12(6-8-13)17(25)20-10-9-16(23)24/h3-8,11H,1,9-10H2,2H3,(H2,19,21)(H,20,25)(H,23,24). The second-order valence-electron chi connectivity index (χ2n) is 5.36. The van der Waals surface area contributed by atoms with Gasteiger partial charge >= 0.3 is 5.97 Å². The van der Waals surface area contributed by atoms with Gasteiger partial charge in [-0.3, -0.25) is 9.59 Å². The van der Waals surface area contributed by atoms with Crippen LogP contribution in [0.15, 0.2) is 36.9 Å². The highest BCUT2D eigenvalue weighted by atomic mass is 16.5. The van der Waals surface area contributed by atoms with Crippen LogP contribution in [0.4, 0.5) is 5.95 Å². The van der Waals surface area contributed by atoms with Gasteiger partial charge in [0.1, 0.15) is 17.4 Å². The maximum Gasteiger partial charge on any atom is 0.305 e. The summed E-state index contributed by atoms with van der Waals surface area (Å²) in [6.45, 7) is 3.73. The van der Waals surface area contributed by atoms with Crippen molar-refractivity contribution in [3.63, 3.8) is 0 Å². The maximum absolute atomic E-state index is 11.9. The zero-order valence-corrected chi connectivity index (χ0v) is 14.3. The first-order chi connectivity index (χ1) is 12.4. The summed E-state index contributed by atoms with van der Waals surface area (Å²) >= 11 is 0. The lowest BCUT2D eigenvalue weighted by molar-refractivity contribution is -0.136. The largest absolute Gasteiger partial charge is 0.481 e. The van der Waals surface area contributed by atoms with Crippen molar-refractivity contribution < 1.29 is 19.4 Å². The van der Waals surface area contributed by atoms with Crippen molar-refractivity contribution in [3.8, 4) is 5.75 Å². The van der Waals surface area contributed by atoms with Crippen LogP contribution in [0.5, 0.6) is 5.75 Å². The summed E-state index contributed by atoms with van der Waals surface area (Å²) in [6.07, 6.45) is 4.74. The number of imidazole rings is 1. The minimum atomic E-state index is -0.965. The number of allylic oxidation sites excluding steroid dienone is 1. The van der Waals surface area contributed by atoms with E-state index in [2.05, 4.69) is 16.9 Å². The topological polar surface area (TPSA) is 119 Å². The first kappa shape index (κ1) is 18.8. The molecule has 0 saturated heterocycles. The quantitative estimate of drug-likeness (QED) is 0.642. The molecule has 26 heavy (non-hydrogen) atoms. The number of nitrogens with two attached hydrogens (primary N) is 1. The van der Waals surface area contributed by atoms with E-state index in [9.17, 15) is 9.59 Å². The predicted octanol–water partition coefficient (Wildman–Crippen LogP) is -0.00970. The van der Waals surface area contributed by atoms with Gasteiger partial charge in [0.15, 0.2) is 0 Å². The SMILES string of the molecule is C=CC=c1c(=COc2ccc(C(=O)NCCC(=O)O)cc2)nc(N)n1C. The van der Waals surface area contributed by atoms with Gasteiger partial charge in [-0.15, -0.1) is 0 Å². The molecule has 1 aromatic carbocycles. The smallest absolute Gasteiger partial charge is 0.305 e. The van der Waals surface area contributed by atoms with E-state index < -0.39 is 5.97 Å². The van der Waals surface area contributed by atoms with Crippen LogP contribution in [0.1, 0.15) is 16.8 Å². The molecule has 0 spiro atoms. The summed E-state index contributed by atoms with van der Waals surface area (Å²) in [5.41, 5.74) is 6.20. The highest BCUT2D eigenvalue weighted by molar-refractivity contribution is 5.94. The molecule has 0 bridgehead atoms. The van der Waals surface area contributed by atoms with Gasteiger partial charge in [-0.25, -0.2) is 4.98 Å². The molecule has 0 unspecified atom stereocenters. The fourth-order valence-corrected chi connectivity index (χ4v) is 2.14. The number of aliphatic carboxylic acids is 1. The molecule has 1 amide bonds. The van der Waals surface area contributed by atoms with Gasteiger partial charge in [-0.2, -0.15) is 0 Å². The molecule has 0 atom stereocenters. The van der Waals surface area contributed by atoms with Crippen LogP contribution >= 0.6 is 0 Å². The number of carboxylic acids is 1. The summed E-state index contributed by atoms with van der Waals surface area (Å²) in [4.78, 5) is 26.5. The van der Waals surface area contributed by atoms with Crippen molar-refractivity contribution in [2.24, 2.45) is 7.05 Å². The van der Waals surface area contributed by atoms with E-state index in [4.69, 9.17) is 15.6 Å². The summed E-state index contributed by atoms with van der Waals surface area (Å²) in [5.74, 6) is -0.447. The molecule has 4 N–H and O–H groups in total. The van der Waals surface area contributed by atoms with Gasteiger partial charge in [-0.05, 0) is 30.3 Å². The molecular formula is C18H20N4O4. The summed E-state index contributed by atoms with van der Waals surface area (Å²) in [7, 11) is 1.78. The van der Waals surface area contributed by atoms with E-state index in [0.29, 0.717) is 22.6 Å². The van der Waals surface area contributed by atoms with Gasteiger partial charge in [-0.1, -0.05) is 12.7 Å². The second-order valence-corrected chi connectivity index (χ2v) is 5.36. The Kier molecular flexibility index (Phi) is 6.15. The number of carbonyl (C=O) groups excluding carboxylic acids is 1. The van der Waals surface area contributed by atoms with Crippen LogP contribution in [0.3, 0.4) is 0 Å². The average molecular weight is 356 g/mol. The lowest BCUT2D eigenvalue weighted by atomic mass is 10.2. The number of hydrogen-bond acceptors (Lipinski definition) is 5. The molecule has 0 fully saturated rings. The van der Waals surface area contributed by atoms with Gasteiger partial charge in [0.05, 0.1) is 11.8 Å². The van der Waals surface area contributed by atoms with Gasteiger partial charge in [0.25, 0.3) is 5.91 Å². The van der Waals surface area contributed by atoms with Gasteiger partial charge in [0, 0.05) is 19.2 Å². The number of carbonyl (C=O) groups is 2. The third kappa shape index (κ3) is 4.73. The number of amides is 1. The number of carboxylic acid groups (broad SMARTS) is 1. The zero-order valence-electron chi connectivity index (χ0n) is 14.3. The van der Waals surface area contributed by atoms with Crippen molar-refractivity contribution in [2.45, 2.75) is 6.42 Å². The summed E-state index contributed by atoms with van der Waals surface area (Å²) in [6, 6.07) is 6.43. The Balaban J connectivity index is 2.10. The molecular weight excluding hydrogens is 336 g/mol. The zero-order chi connectivity index (χ0) is 19.1. The Hall–Kier alpha value is -3.55. The number of rotatable bonds is 7. The first-order valence-electron chi connectivity index (χ1n) is 7.80. The highest BCUT2D eigenvalue weighted by Crippen LogP contribution is 2.12. The molecule has 1 aromatic heterocycles. The number of aromatic nitrogens is 2. The van der Waals surface area contributed by atoms with Crippen molar-refractivity contribution >= 4 is 30.2 Å². The molecule has 0 aliphatic carbocycles. The van der Waals surface area contributed by atoms with E-state index >= 15 is 0 Å². The van der Waals surface area contributed by atoms with Crippen molar-refractivity contribution in [1.82, 2.24) is 14.9 Å². The van der Waals surface area contributed by atoms with Crippen LogP contribution in [-0.4, -0.2) is 33.1 Å². The Morgan fingerprint density at radius 2 is 2.08 bits per heavy atom. The number of hydrogen-bond donors (Lipinski definition) is 3. The molecule has 0 aliphatic rings. The van der Waals surface area contributed by atoms with E-state index in [0.717, 1.165) is 5.35 Å². The molecule has 1 heterocycles. The molecule has 2 aromatic rings. The molecule has 0 aliphatic heterocycles. The number of ether oxygens (including phenoxy) is 1. The summed E-state index contributed by atoms with van der Waals surface area (Å²) < 4.78 is 7.28. The monoisotopic (exact) mass is 356 g/mol. The maximum atomic E-state index is 11.9. The van der Waals surface area contributed by atoms with E-state index in [-0.39, 0.29) is 18.9 Å². The Labute approximate surface area is 149 Å². The molecule has 8 nitrogen and oxygen atoms in total. The molecule has 0 saturated carbocycles. The normalized spacial score (nSPS) is 12.0. The third-order valence-corrected chi connectivity index (χ3v) is 3.53. The fourth-order valence-electron chi connectivity index (χ4n) is 2.14. The number of nitrogens with one attached hydrogen (secondary N) is 1. The number of nitrogens with zero attached hydrogens (tertiary/aromatic N) is 2. The molecule has 8 heteroatoms. The number of anilines is 1. The van der Waals surface area contributed by atoms with E-state index in [1.54, 1.807) is 48.0 Å². The number of benzene rings is 1. The van der Waals surface area contributed by atoms with Crippen LogP contribution < -0.4 is 26.5 Å². The molecule has 0 radical (unpaired) electrons. The summed E-state index contributed by atoms with van der Waals surface area (Å²) in [5, 5.41) is 12.4. The van der Waals surface area contributed by atoms with Crippen LogP contribution in [0.2, 0.25) is 0 Å². The predicted molar refractivity (Wildman–Crippen MR) is 97.7 cm³/mol. The lowest BCUT2D eigenvalue weighted by Crippen LogP contribution is -2.29. The molecule has 136 valence electrons. The average Bonchev–Trinajstić information content (AvgIpc) is 2.88. The minimum Gasteiger partial charge on any atom is -0.481 e. The van der Waals surface area contributed by atoms with Crippen molar-refractivity contribution in [1.29, 1.82) is 0 Å². The first-order valence-corrected chi connectivity index (χ1v) is 7.80. The van der Waals surface area contributed by atoms with Gasteiger partial charge < -0.3 is 25.5 Å². The van der Waals surface area contributed by atoms with E-state index in [1.165, 1.54) is 6.26 Å². The Bertz CT molecular complexity index is 929.